The summed E-state index contributed by atoms with van der Waals surface area (Å²) in [6.07, 6.45) is 1.16. The van der Waals surface area contributed by atoms with Crippen LogP contribution in [0.3, 0.4) is 0 Å². The van der Waals surface area contributed by atoms with E-state index < -0.39 is 6.10 Å². The molecule has 0 radical (unpaired) electrons. The molecule has 0 spiro atoms. The topological polar surface area (TPSA) is 33.1 Å². The maximum Gasteiger partial charge on any atom is 0.107 e. The van der Waals surface area contributed by atoms with Gasteiger partial charge in [0, 0.05) is 22.0 Å². The van der Waals surface area contributed by atoms with Crippen LogP contribution in [0.2, 0.25) is 0 Å². The van der Waals surface area contributed by atoms with E-state index in [9.17, 15) is 5.11 Å². The van der Waals surface area contributed by atoms with E-state index in [2.05, 4.69) is 4.98 Å². The summed E-state index contributed by atoms with van der Waals surface area (Å²) in [5, 5.41) is 13.6. The molecule has 0 saturated heterocycles. The summed E-state index contributed by atoms with van der Waals surface area (Å²) in [5.41, 5.74) is 2.71. The van der Waals surface area contributed by atoms with Crippen molar-refractivity contribution in [3.8, 4) is 0 Å². The molecule has 90 valence electrons. The fourth-order valence-electron chi connectivity index (χ4n) is 2.19. The maximum atomic E-state index is 10.5. The predicted molar refractivity (Wildman–Crippen MR) is 74.9 cm³/mol. The Balaban J connectivity index is 2.18. The van der Waals surface area contributed by atoms with Gasteiger partial charge in [0.05, 0.1) is 5.52 Å². The molecule has 1 unspecified atom stereocenters. The van der Waals surface area contributed by atoms with Gasteiger partial charge in [-0.05, 0) is 30.0 Å². The zero-order valence-electron chi connectivity index (χ0n) is 10.00. The minimum atomic E-state index is -0.602. The number of aryl methyl sites for hydroxylation is 1. The number of fused-ring (bicyclic) bond motifs is 1. The third kappa shape index (κ3) is 1.82. The maximum absolute atomic E-state index is 10.5. The van der Waals surface area contributed by atoms with E-state index in [-0.39, 0.29) is 0 Å². The Morgan fingerprint density at radius 3 is 2.72 bits per heavy atom. The fourth-order valence-corrected chi connectivity index (χ4v) is 2.93. The molecule has 2 heterocycles. The third-order valence-electron chi connectivity index (χ3n) is 3.15. The second-order valence-electron chi connectivity index (χ2n) is 4.26. The molecule has 0 aliphatic rings. The van der Waals surface area contributed by atoms with E-state index in [0.29, 0.717) is 0 Å². The van der Waals surface area contributed by atoms with E-state index in [1.165, 1.54) is 0 Å². The van der Waals surface area contributed by atoms with Crippen molar-refractivity contribution in [1.29, 1.82) is 0 Å². The van der Waals surface area contributed by atoms with Crippen LogP contribution < -0.4 is 0 Å². The number of thiophene rings is 1. The quantitative estimate of drug-likeness (QED) is 0.757. The SMILES string of the molecule is Cc1sccc1C(O)c1cccc2cccnc12. The van der Waals surface area contributed by atoms with Crippen molar-refractivity contribution in [3.05, 3.63) is 64.0 Å². The minimum Gasteiger partial charge on any atom is -0.384 e. The monoisotopic (exact) mass is 255 g/mol. The fraction of sp³-hybridized carbons (Fsp3) is 0.133. The highest BCUT2D eigenvalue weighted by molar-refractivity contribution is 7.10. The molecule has 0 saturated carbocycles. The van der Waals surface area contributed by atoms with Crippen LogP contribution >= 0.6 is 11.3 Å². The average Bonchev–Trinajstić information content (AvgIpc) is 2.83. The van der Waals surface area contributed by atoms with Crippen LogP contribution in [0.5, 0.6) is 0 Å². The summed E-state index contributed by atoms with van der Waals surface area (Å²) in [5.74, 6) is 0. The summed E-state index contributed by atoms with van der Waals surface area (Å²) < 4.78 is 0. The van der Waals surface area contributed by atoms with Crippen molar-refractivity contribution in [3.63, 3.8) is 0 Å². The molecule has 1 aromatic carbocycles. The van der Waals surface area contributed by atoms with Crippen LogP contribution in [0.1, 0.15) is 22.1 Å². The van der Waals surface area contributed by atoms with E-state index in [0.717, 1.165) is 26.9 Å². The summed E-state index contributed by atoms with van der Waals surface area (Å²) in [6, 6.07) is 11.8. The first-order chi connectivity index (χ1) is 8.77. The Morgan fingerprint density at radius 1 is 1.11 bits per heavy atom. The molecule has 0 bridgehead atoms. The Bertz CT molecular complexity index is 684. The largest absolute Gasteiger partial charge is 0.384 e. The van der Waals surface area contributed by atoms with Crippen molar-refractivity contribution in [1.82, 2.24) is 4.98 Å². The van der Waals surface area contributed by atoms with Gasteiger partial charge in [-0.15, -0.1) is 11.3 Å². The zero-order valence-corrected chi connectivity index (χ0v) is 10.8. The lowest BCUT2D eigenvalue weighted by atomic mass is 9.99. The van der Waals surface area contributed by atoms with Crippen molar-refractivity contribution in [2.75, 3.05) is 0 Å². The Morgan fingerprint density at radius 2 is 1.94 bits per heavy atom. The summed E-state index contributed by atoms with van der Waals surface area (Å²) in [4.78, 5) is 5.53. The minimum absolute atomic E-state index is 0.602. The lowest BCUT2D eigenvalue weighted by Crippen LogP contribution is -2.01. The van der Waals surface area contributed by atoms with Crippen molar-refractivity contribution >= 4 is 22.2 Å². The van der Waals surface area contributed by atoms with Gasteiger partial charge in [0.15, 0.2) is 0 Å². The lowest BCUT2D eigenvalue weighted by molar-refractivity contribution is 0.221. The van der Waals surface area contributed by atoms with E-state index >= 15 is 0 Å². The summed E-state index contributed by atoms with van der Waals surface area (Å²) in [6.45, 7) is 2.03. The highest BCUT2D eigenvalue weighted by atomic mass is 32.1. The number of nitrogens with zero attached hydrogens (tertiary/aromatic N) is 1. The van der Waals surface area contributed by atoms with Gasteiger partial charge in [0.2, 0.25) is 0 Å². The van der Waals surface area contributed by atoms with Gasteiger partial charge < -0.3 is 5.11 Å². The Kier molecular flexibility index (Phi) is 2.86. The van der Waals surface area contributed by atoms with Crippen LogP contribution in [0.15, 0.2) is 48.0 Å². The molecule has 0 amide bonds. The highest BCUT2D eigenvalue weighted by Crippen LogP contribution is 2.31. The number of hydrogen-bond acceptors (Lipinski definition) is 3. The Hall–Kier alpha value is -1.71. The van der Waals surface area contributed by atoms with E-state index in [1.807, 2.05) is 48.7 Å². The molecule has 1 N–H and O–H groups in total. The second kappa shape index (κ2) is 4.52. The molecule has 0 aliphatic carbocycles. The number of aliphatic hydroxyl groups excluding tert-OH is 1. The number of aromatic nitrogens is 1. The second-order valence-corrected chi connectivity index (χ2v) is 5.38. The number of aliphatic hydroxyl groups is 1. The number of pyridine rings is 1. The van der Waals surface area contributed by atoms with Gasteiger partial charge in [0.1, 0.15) is 6.10 Å². The van der Waals surface area contributed by atoms with E-state index in [4.69, 9.17) is 0 Å². The zero-order chi connectivity index (χ0) is 12.5. The average molecular weight is 255 g/mol. The molecule has 0 aliphatic heterocycles. The van der Waals surface area contributed by atoms with Crippen LogP contribution in [0.4, 0.5) is 0 Å². The summed E-state index contributed by atoms with van der Waals surface area (Å²) >= 11 is 1.65. The first kappa shape index (κ1) is 11.4. The van der Waals surface area contributed by atoms with Crippen molar-refractivity contribution in [2.24, 2.45) is 0 Å². The van der Waals surface area contributed by atoms with Crippen LogP contribution in [0, 0.1) is 6.92 Å². The number of hydrogen-bond donors (Lipinski definition) is 1. The van der Waals surface area contributed by atoms with Crippen LogP contribution in [-0.2, 0) is 0 Å². The molecule has 18 heavy (non-hydrogen) atoms. The molecule has 3 aromatic rings. The standard InChI is InChI=1S/C15H13NOS/c1-10-12(7-9-18-10)15(17)13-6-2-4-11-5-3-8-16-14(11)13/h2-9,15,17H,1H3. The van der Waals surface area contributed by atoms with Crippen LogP contribution in [-0.4, -0.2) is 10.1 Å². The molecule has 3 rings (SSSR count). The van der Waals surface area contributed by atoms with Gasteiger partial charge in [-0.25, -0.2) is 0 Å². The van der Waals surface area contributed by atoms with Crippen LogP contribution in [0.25, 0.3) is 10.9 Å². The van der Waals surface area contributed by atoms with Crippen molar-refractivity contribution in [2.45, 2.75) is 13.0 Å². The summed E-state index contributed by atoms with van der Waals surface area (Å²) in [7, 11) is 0. The molecular formula is C15H13NOS. The first-order valence-corrected chi connectivity index (χ1v) is 6.71. The first-order valence-electron chi connectivity index (χ1n) is 5.83. The van der Waals surface area contributed by atoms with Gasteiger partial charge in [-0.2, -0.15) is 0 Å². The number of benzene rings is 1. The highest BCUT2D eigenvalue weighted by Gasteiger charge is 2.16. The van der Waals surface area contributed by atoms with Gasteiger partial charge >= 0.3 is 0 Å². The van der Waals surface area contributed by atoms with Gasteiger partial charge in [-0.1, -0.05) is 24.3 Å². The molecular weight excluding hydrogens is 242 g/mol. The van der Waals surface area contributed by atoms with Crippen molar-refractivity contribution < 1.29 is 5.11 Å². The lowest BCUT2D eigenvalue weighted by Gasteiger charge is -2.13. The normalized spacial score (nSPS) is 12.8. The molecule has 2 aromatic heterocycles. The predicted octanol–water partition coefficient (Wildman–Crippen LogP) is 3.69. The number of para-hydroxylation sites is 1. The Labute approximate surface area is 110 Å². The van der Waals surface area contributed by atoms with Gasteiger partial charge in [-0.3, -0.25) is 4.98 Å². The molecule has 3 heteroatoms. The van der Waals surface area contributed by atoms with E-state index in [1.54, 1.807) is 17.5 Å². The molecule has 1 atom stereocenters. The molecule has 0 fully saturated rings. The molecule has 2 nitrogen and oxygen atoms in total. The van der Waals surface area contributed by atoms with Gasteiger partial charge in [0.25, 0.3) is 0 Å². The smallest absolute Gasteiger partial charge is 0.107 e. The third-order valence-corrected chi connectivity index (χ3v) is 4.01. The number of rotatable bonds is 2.